The summed E-state index contributed by atoms with van der Waals surface area (Å²) in [4.78, 5) is 34.6. The number of thioether (sulfide) groups is 1. The summed E-state index contributed by atoms with van der Waals surface area (Å²) >= 11 is 3.00. The van der Waals surface area contributed by atoms with Gasteiger partial charge in [-0.05, 0) is 18.3 Å². The molecule has 0 radical (unpaired) electrons. The van der Waals surface area contributed by atoms with Gasteiger partial charge in [0.25, 0.3) is 0 Å². The lowest BCUT2D eigenvalue weighted by molar-refractivity contribution is -0.122. The zero-order valence-electron chi connectivity index (χ0n) is 19.5. The SMILES string of the molecule is CC(C)(C)C1CC(C(=O)Nc2ncc(SCc3ncc([Si](C)(C)C)o3)s2)CCN1C(=O)O. The van der Waals surface area contributed by atoms with E-state index in [1.54, 1.807) is 18.0 Å². The molecule has 0 aliphatic carbocycles. The van der Waals surface area contributed by atoms with Crippen LogP contribution in [0, 0.1) is 11.3 Å². The Morgan fingerprint density at radius 2 is 2.03 bits per heavy atom. The number of nitrogens with one attached hydrogen (secondary N) is 1. The first-order chi connectivity index (χ1) is 14.8. The van der Waals surface area contributed by atoms with E-state index in [-0.39, 0.29) is 23.3 Å². The van der Waals surface area contributed by atoms with Crippen LogP contribution in [0.1, 0.15) is 39.5 Å². The number of rotatable bonds is 6. The van der Waals surface area contributed by atoms with E-state index < -0.39 is 14.2 Å². The van der Waals surface area contributed by atoms with Gasteiger partial charge in [0, 0.05) is 18.5 Å². The third kappa shape index (κ3) is 6.14. The van der Waals surface area contributed by atoms with Gasteiger partial charge in [0.15, 0.2) is 5.13 Å². The van der Waals surface area contributed by atoms with Crippen LogP contribution in [0.5, 0.6) is 0 Å². The number of anilines is 1. The van der Waals surface area contributed by atoms with E-state index in [0.29, 0.717) is 36.2 Å². The lowest BCUT2D eigenvalue weighted by Crippen LogP contribution is -2.53. The summed E-state index contributed by atoms with van der Waals surface area (Å²) in [5.41, 5.74) is -0.239. The number of hydrogen-bond acceptors (Lipinski definition) is 7. The van der Waals surface area contributed by atoms with Gasteiger partial charge in [0.1, 0.15) is 13.5 Å². The highest BCUT2D eigenvalue weighted by atomic mass is 32.2. The summed E-state index contributed by atoms with van der Waals surface area (Å²) in [6.07, 6.45) is 3.69. The molecule has 1 aliphatic heterocycles. The van der Waals surface area contributed by atoms with Crippen LogP contribution in [0.15, 0.2) is 21.0 Å². The quantitative estimate of drug-likeness (QED) is 0.440. The maximum Gasteiger partial charge on any atom is 0.407 e. The third-order valence-electron chi connectivity index (χ3n) is 5.56. The molecule has 2 N–H and O–H groups in total. The van der Waals surface area contributed by atoms with Crippen molar-refractivity contribution in [1.29, 1.82) is 0 Å². The fourth-order valence-corrected chi connectivity index (χ4v) is 6.31. The fraction of sp³-hybridized carbons (Fsp3) is 0.619. The standard InChI is InChI=1S/C21H32N4O4S2Si/c1-21(2,3)14-9-13(7-8-25(14)20(27)28)18(26)24-19-23-11-17(31-19)30-12-15-22-10-16(29-15)32(4,5)6/h10-11,13-14H,7-9,12H2,1-6H3,(H,27,28)(H,23,24,26). The molecule has 8 nitrogen and oxygen atoms in total. The Bertz CT molecular complexity index is 964. The Hall–Kier alpha value is -1.85. The molecule has 176 valence electrons. The maximum atomic E-state index is 12.9. The van der Waals surface area contributed by atoms with E-state index in [1.165, 1.54) is 16.2 Å². The minimum atomic E-state index is -1.51. The van der Waals surface area contributed by atoms with E-state index in [2.05, 4.69) is 34.9 Å². The second kappa shape index (κ2) is 9.56. The van der Waals surface area contributed by atoms with Gasteiger partial charge in [0.2, 0.25) is 11.8 Å². The molecule has 0 spiro atoms. The van der Waals surface area contributed by atoms with Crippen LogP contribution in [-0.4, -0.2) is 52.6 Å². The molecule has 0 bridgehead atoms. The summed E-state index contributed by atoms with van der Waals surface area (Å²) in [6, 6.07) is -0.200. The van der Waals surface area contributed by atoms with Gasteiger partial charge >= 0.3 is 6.09 Å². The Balaban J connectivity index is 1.56. The smallest absolute Gasteiger partial charge is 0.407 e. The molecule has 0 aromatic carbocycles. The summed E-state index contributed by atoms with van der Waals surface area (Å²) < 4.78 is 6.86. The number of carbonyl (C=O) groups is 2. The average Bonchev–Trinajstić information content (AvgIpc) is 3.34. The van der Waals surface area contributed by atoms with Gasteiger partial charge in [-0.15, -0.1) is 11.8 Å². The van der Waals surface area contributed by atoms with Crippen LogP contribution in [-0.2, 0) is 10.5 Å². The summed E-state index contributed by atoms with van der Waals surface area (Å²) in [6.45, 7) is 13.1. The van der Waals surface area contributed by atoms with Gasteiger partial charge in [-0.2, -0.15) is 0 Å². The summed E-state index contributed by atoms with van der Waals surface area (Å²) in [7, 11) is -1.51. The van der Waals surface area contributed by atoms with Gasteiger partial charge in [-0.25, -0.2) is 14.8 Å². The molecular formula is C21H32N4O4S2Si. The normalized spacial score (nSPS) is 19.8. The molecule has 2 atom stereocenters. The Morgan fingerprint density at radius 3 is 2.62 bits per heavy atom. The predicted molar refractivity (Wildman–Crippen MR) is 130 cm³/mol. The number of thiazole rings is 1. The molecule has 3 heterocycles. The van der Waals surface area contributed by atoms with Crippen LogP contribution in [0.2, 0.25) is 19.6 Å². The maximum absolute atomic E-state index is 12.9. The van der Waals surface area contributed by atoms with Gasteiger partial charge in [-0.3, -0.25) is 4.79 Å². The number of likely N-dealkylation sites (tertiary alicyclic amines) is 1. The van der Waals surface area contributed by atoms with Crippen LogP contribution < -0.4 is 10.7 Å². The highest BCUT2D eigenvalue weighted by Gasteiger charge is 2.40. The predicted octanol–water partition coefficient (Wildman–Crippen LogP) is 4.71. The Labute approximate surface area is 198 Å². The van der Waals surface area contributed by atoms with Crippen LogP contribution in [0.4, 0.5) is 9.93 Å². The van der Waals surface area contributed by atoms with Crippen molar-refractivity contribution in [3.05, 3.63) is 18.3 Å². The number of nitrogens with zero attached hydrogens (tertiary/aromatic N) is 3. The molecule has 0 saturated carbocycles. The van der Waals surface area contributed by atoms with Crippen molar-refractivity contribution in [3.63, 3.8) is 0 Å². The summed E-state index contributed by atoms with van der Waals surface area (Å²) in [5.74, 6) is 0.982. The van der Waals surface area contributed by atoms with E-state index in [4.69, 9.17) is 4.42 Å². The minimum absolute atomic E-state index is 0.0948. The molecule has 2 aromatic heterocycles. The average molecular weight is 497 g/mol. The van der Waals surface area contributed by atoms with Crippen molar-refractivity contribution in [3.8, 4) is 0 Å². The second-order valence-electron chi connectivity index (χ2n) is 10.2. The second-order valence-corrected chi connectivity index (χ2v) is 17.5. The van der Waals surface area contributed by atoms with Crippen molar-refractivity contribution < 1.29 is 19.1 Å². The fourth-order valence-electron chi connectivity index (χ4n) is 3.70. The van der Waals surface area contributed by atoms with Crippen LogP contribution in [0.25, 0.3) is 0 Å². The largest absolute Gasteiger partial charge is 0.465 e. The first-order valence-electron chi connectivity index (χ1n) is 10.7. The highest BCUT2D eigenvalue weighted by molar-refractivity contribution is 8.00. The van der Waals surface area contributed by atoms with Crippen molar-refractivity contribution in [2.45, 2.75) is 69.3 Å². The van der Waals surface area contributed by atoms with Crippen molar-refractivity contribution in [2.24, 2.45) is 11.3 Å². The van der Waals surface area contributed by atoms with Crippen molar-refractivity contribution >= 4 is 53.7 Å². The first-order valence-corrected chi connectivity index (χ1v) is 16.0. The molecule has 11 heteroatoms. The molecule has 2 aromatic rings. The first kappa shape index (κ1) is 24.8. The monoisotopic (exact) mass is 496 g/mol. The number of carbonyl (C=O) groups excluding carboxylic acids is 1. The van der Waals surface area contributed by atoms with Crippen LogP contribution in [0.3, 0.4) is 0 Å². The molecule has 1 saturated heterocycles. The van der Waals surface area contributed by atoms with E-state index >= 15 is 0 Å². The zero-order chi connectivity index (χ0) is 23.7. The molecule has 32 heavy (non-hydrogen) atoms. The van der Waals surface area contributed by atoms with Gasteiger partial charge in [-0.1, -0.05) is 51.7 Å². The number of carboxylic acid groups (broad SMARTS) is 1. The van der Waals surface area contributed by atoms with Gasteiger partial charge < -0.3 is 19.7 Å². The molecule has 3 rings (SSSR count). The number of hydrogen-bond donors (Lipinski definition) is 2. The number of oxazole rings is 1. The van der Waals surface area contributed by atoms with Crippen LogP contribution >= 0.6 is 23.1 Å². The number of piperidine rings is 1. The van der Waals surface area contributed by atoms with E-state index in [9.17, 15) is 14.7 Å². The molecule has 1 fully saturated rings. The lowest BCUT2D eigenvalue weighted by atomic mass is 9.77. The third-order valence-corrected chi connectivity index (χ3v) is 9.37. The Kier molecular flexibility index (Phi) is 7.40. The lowest BCUT2D eigenvalue weighted by Gasteiger charge is -2.44. The molecule has 2 unspecified atom stereocenters. The number of aromatic nitrogens is 2. The van der Waals surface area contributed by atoms with Gasteiger partial charge in [0.05, 0.1) is 22.4 Å². The van der Waals surface area contributed by atoms with E-state index in [1.807, 2.05) is 27.0 Å². The Morgan fingerprint density at radius 1 is 1.31 bits per heavy atom. The van der Waals surface area contributed by atoms with Crippen molar-refractivity contribution in [1.82, 2.24) is 14.9 Å². The van der Waals surface area contributed by atoms with E-state index in [0.717, 1.165) is 9.59 Å². The number of amides is 2. The molecular weight excluding hydrogens is 464 g/mol. The highest BCUT2D eigenvalue weighted by Crippen LogP contribution is 2.36. The molecule has 1 aliphatic rings. The minimum Gasteiger partial charge on any atom is -0.465 e. The summed E-state index contributed by atoms with van der Waals surface area (Å²) in [5, 5.41) is 14.0. The van der Waals surface area contributed by atoms with Crippen molar-refractivity contribution in [2.75, 3.05) is 11.9 Å². The topological polar surface area (TPSA) is 109 Å². The zero-order valence-corrected chi connectivity index (χ0v) is 22.1. The molecule has 2 amide bonds.